The van der Waals surface area contributed by atoms with Crippen molar-refractivity contribution in [2.75, 3.05) is 0 Å². The molecule has 216 valence electrons. The molecular formula is C43H29BO2. The molecule has 2 N–H and O–H groups in total. The van der Waals surface area contributed by atoms with Crippen LogP contribution in [0.3, 0.4) is 0 Å². The minimum absolute atomic E-state index is 0.540. The Bertz CT molecular complexity index is 2440. The Morgan fingerprint density at radius 2 is 0.761 bits per heavy atom. The van der Waals surface area contributed by atoms with Crippen molar-refractivity contribution in [3.8, 4) is 44.5 Å². The monoisotopic (exact) mass is 588 g/mol. The van der Waals surface area contributed by atoms with E-state index >= 15 is 0 Å². The van der Waals surface area contributed by atoms with Crippen molar-refractivity contribution in [3.05, 3.63) is 163 Å². The topological polar surface area (TPSA) is 40.5 Å². The van der Waals surface area contributed by atoms with Gasteiger partial charge in [0.05, 0.1) is 0 Å². The van der Waals surface area contributed by atoms with Crippen LogP contribution in [-0.2, 0) is 6.42 Å². The minimum atomic E-state index is -1.58. The summed E-state index contributed by atoms with van der Waals surface area (Å²) in [4.78, 5) is 0. The third-order valence-electron chi connectivity index (χ3n) is 9.73. The van der Waals surface area contributed by atoms with Gasteiger partial charge in [-0.25, -0.2) is 0 Å². The summed E-state index contributed by atoms with van der Waals surface area (Å²) in [5.41, 5.74) is 12.9. The fourth-order valence-electron chi connectivity index (χ4n) is 7.86. The van der Waals surface area contributed by atoms with E-state index in [1.54, 1.807) is 0 Å². The van der Waals surface area contributed by atoms with Crippen LogP contribution < -0.4 is 5.46 Å². The first kappa shape index (κ1) is 26.9. The van der Waals surface area contributed by atoms with Crippen LogP contribution in [-0.4, -0.2) is 17.2 Å². The van der Waals surface area contributed by atoms with Gasteiger partial charge < -0.3 is 10.0 Å². The molecule has 0 heterocycles. The van der Waals surface area contributed by atoms with Crippen molar-refractivity contribution in [1.29, 1.82) is 0 Å². The van der Waals surface area contributed by atoms with Crippen molar-refractivity contribution in [1.82, 2.24) is 0 Å². The molecule has 0 aliphatic heterocycles. The van der Waals surface area contributed by atoms with E-state index in [1.807, 2.05) is 36.4 Å². The van der Waals surface area contributed by atoms with E-state index in [1.165, 1.54) is 44.2 Å². The Labute approximate surface area is 268 Å². The lowest BCUT2D eigenvalue weighted by molar-refractivity contribution is 0.426. The van der Waals surface area contributed by atoms with Gasteiger partial charge in [0, 0.05) is 0 Å². The molecule has 0 unspecified atom stereocenters. The van der Waals surface area contributed by atoms with E-state index in [9.17, 15) is 10.0 Å². The highest BCUT2D eigenvalue weighted by atomic mass is 16.4. The van der Waals surface area contributed by atoms with Gasteiger partial charge in [0.1, 0.15) is 0 Å². The third kappa shape index (κ3) is 4.00. The van der Waals surface area contributed by atoms with E-state index in [0.717, 1.165) is 50.2 Å². The van der Waals surface area contributed by atoms with Crippen molar-refractivity contribution in [3.63, 3.8) is 0 Å². The Kier molecular flexibility index (Phi) is 6.17. The summed E-state index contributed by atoms with van der Waals surface area (Å²) >= 11 is 0. The molecule has 0 aromatic heterocycles. The largest absolute Gasteiger partial charge is 0.489 e. The highest BCUT2D eigenvalue weighted by molar-refractivity contribution is 6.66. The summed E-state index contributed by atoms with van der Waals surface area (Å²) in [6, 6.07) is 53.6. The molecule has 2 nitrogen and oxygen atoms in total. The lowest BCUT2D eigenvalue weighted by atomic mass is 9.72. The first-order valence-corrected chi connectivity index (χ1v) is 15.8. The highest BCUT2D eigenvalue weighted by Gasteiger charge is 2.26. The quantitative estimate of drug-likeness (QED) is 0.159. The summed E-state index contributed by atoms with van der Waals surface area (Å²) in [7, 11) is -1.58. The maximum atomic E-state index is 10.5. The average molecular weight is 589 g/mol. The standard InChI is InChI=1S/C43H29BO2/c45-44(46)43-38-23-11-9-21-36(38)42(37-22-10-12-24-39(37)43)35-20-8-5-16-31(35)30-15-3-4-17-32(30)40-26-28-25-27-13-1-2-14-29(27)41(28)34-19-7-6-18-33(34)40/h1-24,26,45-46H,25H2. The molecule has 9 rings (SSSR count). The van der Waals surface area contributed by atoms with Gasteiger partial charge in [-0.2, -0.15) is 0 Å². The molecule has 0 spiro atoms. The number of fused-ring (bicyclic) bond motifs is 7. The van der Waals surface area contributed by atoms with Gasteiger partial charge in [-0.3, -0.25) is 0 Å². The van der Waals surface area contributed by atoms with Gasteiger partial charge in [0.2, 0.25) is 0 Å². The molecule has 8 aromatic carbocycles. The molecule has 0 saturated heterocycles. The predicted octanol–water partition coefficient (Wildman–Crippen LogP) is 9.40. The van der Waals surface area contributed by atoms with Crippen LogP contribution in [0.1, 0.15) is 11.1 Å². The Hall–Kier alpha value is -5.48. The van der Waals surface area contributed by atoms with E-state index in [-0.39, 0.29) is 0 Å². The van der Waals surface area contributed by atoms with Gasteiger partial charge in [-0.1, -0.05) is 146 Å². The van der Waals surface area contributed by atoms with Crippen molar-refractivity contribution >= 4 is 44.9 Å². The maximum absolute atomic E-state index is 10.5. The van der Waals surface area contributed by atoms with E-state index in [4.69, 9.17) is 0 Å². The molecule has 0 atom stereocenters. The molecule has 1 aliphatic rings. The second-order valence-electron chi connectivity index (χ2n) is 12.2. The van der Waals surface area contributed by atoms with E-state index in [2.05, 4.69) is 115 Å². The first-order chi connectivity index (χ1) is 22.7. The van der Waals surface area contributed by atoms with E-state index < -0.39 is 7.12 Å². The fraction of sp³-hybridized carbons (Fsp3) is 0.0233. The summed E-state index contributed by atoms with van der Waals surface area (Å²) in [6.45, 7) is 0. The molecule has 8 aromatic rings. The normalized spacial score (nSPS) is 12.0. The zero-order valence-corrected chi connectivity index (χ0v) is 25.1. The molecule has 0 amide bonds. The summed E-state index contributed by atoms with van der Waals surface area (Å²) in [5, 5.41) is 27.3. The van der Waals surface area contributed by atoms with E-state index in [0.29, 0.717) is 5.46 Å². The average Bonchev–Trinajstić information content (AvgIpc) is 3.49. The fourth-order valence-corrected chi connectivity index (χ4v) is 7.86. The van der Waals surface area contributed by atoms with Gasteiger partial charge in [0.25, 0.3) is 0 Å². The van der Waals surface area contributed by atoms with Gasteiger partial charge in [-0.15, -0.1) is 0 Å². The number of benzene rings is 8. The maximum Gasteiger partial charge on any atom is 0.489 e. The van der Waals surface area contributed by atoms with Crippen molar-refractivity contribution < 1.29 is 10.0 Å². The predicted molar refractivity (Wildman–Crippen MR) is 193 cm³/mol. The lowest BCUT2D eigenvalue weighted by Gasteiger charge is -2.21. The second-order valence-corrected chi connectivity index (χ2v) is 12.2. The molecule has 1 aliphatic carbocycles. The lowest BCUT2D eigenvalue weighted by Crippen LogP contribution is -2.31. The SMILES string of the molecule is OB(O)c1c2ccccc2c(-c2ccccc2-c2ccccc2-c2cc3c(c4ccccc24)-c2ccccc2C3)c2ccccc12. The molecule has 0 saturated carbocycles. The second kappa shape index (κ2) is 10.6. The zero-order valence-electron chi connectivity index (χ0n) is 25.1. The van der Waals surface area contributed by atoms with Crippen LogP contribution in [0, 0.1) is 0 Å². The molecular weight excluding hydrogens is 559 g/mol. The third-order valence-corrected chi connectivity index (χ3v) is 9.73. The summed E-state index contributed by atoms with van der Waals surface area (Å²) in [6.07, 6.45) is 0.934. The molecule has 0 radical (unpaired) electrons. The smallest absolute Gasteiger partial charge is 0.423 e. The van der Waals surface area contributed by atoms with Crippen LogP contribution in [0.25, 0.3) is 76.8 Å². The van der Waals surface area contributed by atoms with Crippen molar-refractivity contribution in [2.45, 2.75) is 6.42 Å². The minimum Gasteiger partial charge on any atom is -0.423 e. The highest BCUT2D eigenvalue weighted by Crippen LogP contribution is 2.48. The number of hydrogen-bond acceptors (Lipinski definition) is 2. The van der Waals surface area contributed by atoms with Crippen molar-refractivity contribution in [2.24, 2.45) is 0 Å². The first-order valence-electron chi connectivity index (χ1n) is 15.8. The Morgan fingerprint density at radius 1 is 0.348 bits per heavy atom. The molecule has 0 fully saturated rings. The van der Waals surface area contributed by atoms with Crippen LogP contribution >= 0.6 is 0 Å². The van der Waals surface area contributed by atoms with Crippen LogP contribution in [0.2, 0.25) is 0 Å². The zero-order chi connectivity index (χ0) is 30.8. The van der Waals surface area contributed by atoms with Crippen LogP contribution in [0.15, 0.2) is 152 Å². The Morgan fingerprint density at radius 3 is 1.35 bits per heavy atom. The van der Waals surface area contributed by atoms with Gasteiger partial charge in [-0.05, 0) is 106 Å². The summed E-state index contributed by atoms with van der Waals surface area (Å²) < 4.78 is 0. The van der Waals surface area contributed by atoms with Crippen LogP contribution in [0.4, 0.5) is 0 Å². The van der Waals surface area contributed by atoms with Crippen LogP contribution in [0.5, 0.6) is 0 Å². The molecule has 46 heavy (non-hydrogen) atoms. The molecule has 3 heteroatoms. The Balaban J connectivity index is 1.33. The summed E-state index contributed by atoms with van der Waals surface area (Å²) in [5.74, 6) is 0. The van der Waals surface area contributed by atoms with Gasteiger partial charge in [0.15, 0.2) is 0 Å². The van der Waals surface area contributed by atoms with Gasteiger partial charge >= 0.3 is 7.12 Å². The number of hydrogen-bond donors (Lipinski definition) is 2. The molecule has 0 bridgehead atoms. The number of rotatable bonds is 4.